The van der Waals surface area contributed by atoms with Crippen LogP contribution in [0.25, 0.3) is 0 Å². The highest BCUT2D eigenvalue weighted by Gasteiger charge is 2.29. The van der Waals surface area contributed by atoms with Crippen molar-refractivity contribution in [2.75, 3.05) is 40.7 Å². The quantitative estimate of drug-likeness (QED) is 0.665. The van der Waals surface area contributed by atoms with Crippen molar-refractivity contribution in [2.24, 2.45) is 0 Å². The predicted molar refractivity (Wildman–Crippen MR) is 106 cm³/mol. The standard InChI is InChI=1S/C18H25N3O5S2/c1-24-14-8-12(9-15(25-2)17(14)26-3)10-21-7-5-6-13(11-21)16-18(27-20-19-16)28(4,22)23/h8-9,13H,5-7,10-11H2,1-4H3/t13-/m1/s1. The van der Waals surface area contributed by atoms with Crippen molar-refractivity contribution in [3.8, 4) is 17.2 Å². The Morgan fingerprint density at radius 2 is 1.86 bits per heavy atom. The Balaban J connectivity index is 1.80. The number of sulfone groups is 1. The zero-order valence-corrected chi connectivity index (χ0v) is 18.1. The molecule has 1 aromatic carbocycles. The minimum Gasteiger partial charge on any atom is -0.493 e. The number of likely N-dealkylation sites (tertiary alicyclic amines) is 1. The fraction of sp³-hybridized carbons (Fsp3) is 0.556. The van der Waals surface area contributed by atoms with Gasteiger partial charge in [-0.05, 0) is 37.1 Å². The van der Waals surface area contributed by atoms with E-state index >= 15 is 0 Å². The van der Waals surface area contributed by atoms with Crippen LogP contribution in [0.1, 0.15) is 30.0 Å². The van der Waals surface area contributed by atoms with Gasteiger partial charge in [-0.2, -0.15) is 0 Å². The zero-order chi connectivity index (χ0) is 20.3. The topological polar surface area (TPSA) is 90.9 Å². The first-order valence-electron chi connectivity index (χ1n) is 8.91. The number of hydrogen-bond acceptors (Lipinski definition) is 9. The number of benzene rings is 1. The third-order valence-corrected chi connectivity index (χ3v) is 7.39. The molecule has 2 heterocycles. The van der Waals surface area contributed by atoms with Crippen LogP contribution in [0.5, 0.6) is 17.2 Å². The van der Waals surface area contributed by atoms with Crippen molar-refractivity contribution in [3.63, 3.8) is 0 Å². The molecule has 0 radical (unpaired) electrons. The molecule has 0 aliphatic carbocycles. The largest absolute Gasteiger partial charge is 0.493 e. The summed E-state index contributed by atoms with van der Waals surface area (Å²) in [4.78, 5) is 2.29. The van der Waals surface area contributed by atoms with Crippen LogP contribution in [-0.4, -0.2) is 63.6 Å². The molecule has 1 aliphatic rings. The number of hydrogen-bond donors (Lipinski definition) is 0. The maximum absolute atomic E-state index is 12.0. The van der Waals surface area contributed by atoms with Gasteiger partial charge >= 0.3 is 0 Å². The Morgan fingerprint density at radius 3 is 2.43 bits per heavy atom. The van der Waals surface area contributed by atoms with Crippen LogP contribution in [-0.2, 0) is 16.4 Å². The lowest BCUT2D eigenvalue weighted by Crippen LogP contribution is -2.34. The van der Waals surface area contributed by atoms with Gasteiger partial charge in [0.2, 0.25) is 5.75 Å². The Kier molecular flexibility index (Phi) is 6.41. The lowest BCUT2D eigenvalue weighted by atomic mass is 9.95. The van der Waals surface area contributed by atoms with Gasteiger partial charge in [0.05, 0.1) is 27.0 Å². The second-order valence-electron chi connectivity index (χ2n) is 6.83. The van der Waals surface area contributed by atoms with E-state index in [2.05, 4.69) is 14.5 Å². The molecular weight excluding hydrogens is 402 g/mol. The monoisotopic (exact) mass is 427 g/mol. The number of aromatic nitrogens is 2. The summed E-state index contributed by atoms with van der Waals surface area (Å²) in [6.45, 7) is 2.35. The van der Waals surface area contributed by atoms with Crippen molar-refractivity contribution < 1.29 is 22.6 Å². The molecular formula is C18H25N3O5S2. The van der Waals surface area contributed by atoms with Gasteiger partial charge in [0, 0.05) is 36.8 Å². The van der Waals surface area contributed by atoms with E-state index < -0.39 is 9.84 Å². The van der Waals surface area contributed by atoms with Crippen molar-refractivity contribution in [1.29, 1.82) is 0 Å². The first kappa shape index (κ1) is 20.8. The third kappa shape index (κ3) is 4.39. The van der Waals surface area contributed by atoms with Crippen LogP contribution in [0.3, 0.4) is 0 Å². The van der Waals surface area contributed by atoms with E-state index in [1.807, 2.05) is 12.1 Å². The van der Waals surface area contributed by atoms with Crippen LogP contribution in [0, 0.1) is 0 Å². The fourth-order valence-corrected chi connectivity index (χ4v) is 5.34. The summed E-state index contributed by atoms with van der Waals surface area (Å²) in [5.74, 6) is 1.86. The normalized spacial score (nSPS) is 18.1. The zero-order valence-electron chi connectivity index (χ0n) is 16.5. The average Bonchev–Trinajstić information content (AvgIpc) is 3.18. The molecule has 0 amide bonds. The average molecular weight is 428 g/mol. The van der Waals surface area contributed by atoms with E-state index in [1.165, 1.54) is 6.26 Å². The van der Waals surface area contributed by atoms with Gasteiger partial charge in [-0.3, -0.25) is 4.90 Å². The molecule has 1 saturated heterocycles. The summed E-state index contributed by atoms with van der Waals surface area (Å²) in [6.07, 6.45) is 3.08. The van der Waals surface area contributed by atoms with E-state index in [1.54, 1.807) is 21.3 Å². The molecule has 0 bridgehead atoms. The van der Waals surface area contributed by atoms with E-state index in [-0.39, 0.29) is 10.1 Å². The summed E-state index contributed by atoms with van der Waals surface area (Å²) < 4.78 is 44.4. The number of rotatable bonds is 7. The molecule has 0 saturated carbocycles. The SMILES string of the molecule is COc1cc(CN2CCC[C@@H](c3nnsc3S(C)(=O)=O)C2)cc(OC)c1OC. The van der Waals surface area contributed by atoms with Crippen LogP contribution < -0.4 is 14.2 Å². The molecule has 1 aromatic heterocycles. The molecule has 10 heteroatoms. The van der Waals surface area contributed by atoms with Gasteiger partial charge in [0.25, 0.3) is 0 Å². The maximum Gasteiger partial charge on any atom is 0.203 e. The van der Waals surface area contributed by atoms with Crippen LogP contribution in [0.15, 0.2) is 16.3 Å². The Hall–Kier alpha value is -1.91. The molecule has 0 unspecified atom stereocenters. The smallest absolute Gasteiger partial charge is 0.203 e. The van der Waals surface area contributed by atoms with E-state index in [0.717, 1.165) is 43.0 Å². The van der Waals surface area contributed by atoms with Gasteiger partial charge in [0.15, 0.2) is 25.5 Å². The minimum absolute atomic E-state index is 0.0549. The number of ether oxygens (including phenoxy) is 3. The van der Waals surface area contributed by atoms with Crippen molar-refractivity contribution in [2.45, 2.75) is 29.5 Å². The molecule has 1 atom stereocenters. The third-order valence-electron chi connectivity index (χ3n) is 4.84. The van der Waals surface area contributed by atoms with Crippen LogP contribution in [0.2, 0.25) is 0 Å². The molecule has 0 N–H and O–H groups in total. The van der Waals surface area contributed by atoms with Crippen molar-refractivity contribution in [3.05, 3.63) is 23.4 Å². The summed E-state index contributed by atoms with van der Waals surface area (Å²) in [5.41, 5.74) is 1.64. The molecule has 28 heavy (non-hydrogen) atoms. The van der Waals surface area contributed by atoms with Crippen LogP contribution >= 0.6 is 11.5 Å². The molecule has 8 nitrogen and oxygen atoms in total. The lowest BCUT2D eigenvalue weighted by molar-refractivity contribution is 0.197. The lowest BCUT2D eigenvalue weighted by Gasteiger charge is -2.32. The molecule has 3 rings (SSSR count). The Morgan fingerprint density at radius 1 is 1.18 bits per heavy atom. The molecule has 2 aromatic rings. The fourth-order valence-electron chi connectivity index (χ4n) is 3.60. The first-order valence-corrected chi connectivity index (χ1v) is 11.6. The summed E-state index contributed by atoms with van der Waals surface area (Å²) in [5, 5.41) is 4.13. The molecule has 1 aliphatic heterocycles. The minimum atomic E-state index is -3.31. The summed E-state index contributed by atoms with van der Waals surface area (Å²) in [7, 11) is 1.46. The van der Waals surface area contributed by atoms with E-state index in [4.69, 9.17) is 14.2 Å². The Labute approximate surface area is 169 Å². The van der Waals surface area contributed by atoms with Gasteiger partial charge in [-0.25, -0.2) is 8.42 Å². The second kappa shape index (κ2) is 8.62. The summed E-state index contributed by atoms with van der Waals surface area (Å²) >= 11 is 0.955. The highest BCUT2D eigenvalue weighted by atomic mass is 32.2. The van der Waals surface area contributed by atoms with Gasteiger partial charge in [-0.1, -0.05) is 4.49 Å². The highest BCUT2D eigenvalue weighted by molar-refractivity contribution is 7.92. The van der Waals surface area contributed by atoms with E-state index in [9.17, 15) is 8.42 Å². The molecule has 0 spiro atoms. The summed E-state index contributed by atoms with van der Waals surface area (Å²) in [6, 6.07) is 3.88. The number of nitrogens with zero attached hydrogens (tertiary/aromatic N) is 3. The van der Waals surface area contributed by atoms with Crippen molar-refractivity contribution in [1.82, 2.24) is 14.5 Å². The predicted octanol–water partition coefficient (Wildman–Crippen LogP) is 2.35. The number of piperidine rings is 1. The molecule has 1 fully saturated rings. The van der Waals surface area contributed by atoms with Crippen molar-refractivity contribution >= 4 is 21.4 Å². The number of methoxy groups -OCH3 is 3. The Bertz CT molecular complexity index is 904. The first-order chi connectivity index (χ1) is 13.4. The van der Waals surface area contributed by atoms with Gasteiger partial charge in [0.1, 0.15) is 0 Å². The van der Waals surface area contributed by atoms with Gasteiger partial charge < -0.3 is 14.2 Å². The second-order valence-corrected chi connectivity index (χ2v) is 9.79. The van der Waals surface area contributed by atoms with Crippen LogP contribution in [0.4, 0.5) is 0 Å². The molecule has 154 valence electrons. The maximum atomic E-state index is 12.0. The van der Waals surface area contributed by atoms with E-state index in [0.29, 0.717) is 29.5 Å². The highest BCUT2D eigenvalue weighted by Crippen LogP contribution is 2.39. The van der Waals surface area contributed by atoms with Gasteiger partial charge in [-0.15, -0.1) is 5.10 Å².